The van der Waals surface area contributed by atoms with E-state index in [1.807, 2.05) is 6.92 Å². The summed E-state index contributed by atoms with van der Waals surface area (Å²) in [6, 6.07) is 2.92. The maximum Gasteiger partial charge on any atom is 0.416 e. The van der Waals surface area contributed by atoms with E-state index in [-0.39, 0.29) is 28.5 Å². The molecule has 1 fully saturated rings. The molecule has 3 atom stereocenters. The van der Waals surface area contributed by atoms with Crippen LogP contribution in [-0.4, -0.2) is 22.2 Å². The average Bonchev–Trinajstić information content (AvgIpc) is 2.73. The Morgan fingerprint density at radius 1 is 1.40 bits per heavy atom. The predicted octanol–water partition coefficient (Wildman–Crippen LogP) is 2.96. The number of benzene rings is 1. The number of anilines is 1. The molecule has 0 spiro atoms. The van der Waals surface area contributed by atoms with E-state index < -0.39 is 22.5 Å². The van der Waals surface area contributed by atoms with Crippen molar-refractivity contribution in [3.8, 4) is 0 Å². The van der Waals surface area contributed by atoms with E-state index in [9.17, 15) is 17.4 Å². The molecule has 1 aromatic rings. The van der Waals surface area contributed by atoms with Crippen molar-refractivity contribution in [2.45, 2.75) is 43.0 Å². The molecule has 1 aliphatic heterocycles. The van der Waals surface area contributed by atoms with Gasteiger partial charge in [-0.05, 0) is 38.0 Å². The van der Waals surface area contributed by atoms with Crippen LogP contribution >= 0.6 is 0 Å². The lowest BCUT2D eigenvalue weighted by molar-refractivity contribution is -0.137. The Morgan fingerprint density at radius 3 is 2.60 bits per heavy atom. The summed E-state index contributed by atoms with van der Waals surface area (Å²) in [6.45, 7) is 1.94. The molecule has 20 heavy (non-hydrogen) atoms. The second kappa shape index (κ2) is 5.73. The van der Waals surface area contributed by atoms with Crippen molar-refractivity contribution in [2.24, 2.45) is 0 Å². The predicted molar refractivity (Wildman–Crippen MR) is 70.7 cm³/mol. The summed E-state index contributed by atoms with van der Waals surface area (Å²) < 4.78 is 55.3. The molecule has 1 aromatic carbocycles. The smallest absolute Gasteiger partial charge is 0.398 e. The van der Waals surface area contributed by atoms with Crippen molar-refractivity contribution in [3.63, 3.8) is 0 Å². The van der Waals surface area contributed by atoms with Crippen LogP contribution in [0, 0.1) is 0 Å². The highest BCUT2D eigenvalue weighted by molar-refractivity contribution is 7.85. The summed E-state index contributed by atoms with van der Waals surface area (Å²) in [5, 5.41) is 0. The van der Waals surface area contributed by atoms with Crippen molar-refractivity contribution in [1.82, 2.24) is 0 Å². The Balaban J connectivity index is 2.11. The lowest BCUT2D eigenvalue weighted by atomic mass is 10.2. The fourth-order valence-corrected chi connectivity index (χ4v) is 3.50. The number of ether oxygens (including phenoxy) is 1. The van der Waals surface area contributed by atoms with E-state index in [0.717, 1.165) is 25.0 Å². The van der Waals surface area contributed by atoms with Crippen molar-refractivity contribution in [2.75, 3.05) is 11.5 Å². The molecule has 112 valence electrons. The molecule has 3 unspecified atom stereocenters. The Bertz CT molecular complexity index is 519. The first-order chi connectivity index (χ1) is 9.27. The van der Waals surface area contributed by atoms with Gasteiger partial charge in [0.25, 0.3) is 0 Å². The molecule has 0 aromatic heterocycles. The molecule has 7 heteroatoms. The van der Waals surface area contributed by atoms with E-state index in [1.54, 1.807) is 0 Å². The van der Waals surface area contributed by atoms with Gasteiger partial charge in [-0.15, -0.1) is 0 Å². The molecule has 0 amide bonds. The first-order valence-electron chi connectivity index (χ1n) is 6.28. The first-order valence-corrected chi connectivity index (χ1v) is 7.60. The SMILES string of the molecule is CC1CCC(CS(=O)c2ccc(C(F)(F)F)cc2N)O1. The third kappa shape index (κ3) is 3.52. The largest absolute Gasteiger partial charge is 0.416 e. The van der Waals surface area contributed by atoms with E-state index >= 15 is 0 Å². The van der Waals surface area contributed by atoms with Gasteiger partial charge in [0, 0.05) is 5.69 Å². The molecular formula is C13H16F3NO2S. The number of nitrogen functional groups attached to an aromatic ring is 1. The molecule has 0 aliphatic carbocycles. The summed E-state index contributed by atoms with van der Waals surface area (Å²) in [6.07, 6.45) is -2.70. The minimum atomic E-state index is -4.45. The standard InChI is InChI=1S/C13H16F3NO2S/c1-8-2-4-10(19-8)7-20(18)12-5-3-9(6-11(12)17)13(14,15)16/h3,5-6,8,10H,2,4,7,17H2,1H3. The van der Waals surface area contributed by atoms with Crippen molar-refractivity contribution in [3.05, 3.63) is 23.8 Å². The van der Waals surface area contributed by atoms with Crippen LogP contribution in [0.2, 0.25) is 0 Å². The van der Waals surface area contributed by atoms with Gasteiger partial charge in [0.1, 0.15) is 0 Å². The normalized spacial score (nSPS) is 24.8. The van der Waals surface area contributed by atoms with Gasteiger partial charge < -0.3 is 10.5 Å². The highest BCUT2D eigenvalue weighted by atomic mass is 32.2. The van der Waals surface area contributed by atoms with Crippen molar-refractivity contribution >= 4 is 16.5 Å². The molecule has 1 heterocycles. The lowest BCUT2D eigenvalue weighted by Crippen LogP contribution is -2.18. The number of rotatable bonds is 3. The summed E-state index contributed by atoms with van der Waals surface area (Å²) in [4.78, 5) is 0.237. The third-order valence-corrected chi connectivity index (χ3v) is 4.78. The van der Waals surface area contributed by atoms with Crippen LogP contribution in [-0.2, 0) is 21.7 Å². The molecule has 0 radical (unpaired) electrons. The summed E-state index contributed by atoms with van der Waals surface area (Å²) in [7, 11) is -1.45. The molecule has 1 aliphatic rings. The maximum absolute atomic E-state index is 12.5. The van der Waals surface area contributed by atoms with Crippen LogP contribution in [0.5, 0.6) is 0 Å². The molecule has 1 saturated heterocycles. The van der Waals surface area contributed by atoms with E-state index in [2.05, 4.69) is 0 Å². The zero-order valence-electron chi connectivity index (χ0n) is 10.9. The lowest BCUT2D eigenvalue weighted by Gasteiger charge is -2.13. The van der Waals surface area contributed by atoms with Crippen LogP contribution in [0.4, 0.5) is 18.9 Å². The Morgan fingerprint density at radius 2 is 2.10 bits per heavy atom. The number of alkyl halides is 3. The van der Waals surface area contributed by atoms with Crippen LogP contribution in [0.15, 0.2) is 23.1 Å². The number of hydrogen-bond donors (Lipinski definition) is 1. The topological polar surface area (TPSA) is 52.3 Å². The zero-order valence-corrected chi connectivity index (χ0v) is 11.8. The minimum Gasteiger partial charge on any atom is -0.398 e. The Labute approximate surface area is 117 Å². The Hall–Kier alpha value is -1.08. The van der Waals surface area contributed by atoms with E-state index in [0.29, 0.717) is 0 Å². The molecular weight excluding hydrogens is 291 g/mol. The second-order valence-corrected chi connectivity index (χ2v) is 6.37. The number of hydrogen-bond acceptors (Lipinski definition) is 3. The van der Waals surface area contributed by atoms with Crippen molar-refractivity contribution < 1.29 is 22.1 Å². The third-order valence-electron chi connectivity index (χ3n) is 3.24. The van der Waals surface area contributed by atoms with Gasteiger partial charge in [0.2, 0.25) is 0 Å². The van der Waals surface area contributed by atoms with Gasteiger partial charge in [-0.1, -0.05) is 0 Å². The zero-order chi connectivity index (χ0) is 14.9. The highest BCUT2D eigenvalue weighted by Gasteiger charge is 2.31. The van der Waals surface area contributed by atoms with Crippen LogP contribution in [0.25, 0.3) is 0 Å². The minimum absolute atomic E-state index is 0.0933. The summed E-state index contributed by atoms with van der Waals surface area (Å²) in [5.41, 5.74) is 4.66. The second-order valence-electron chi connectivity index (χ2n) is 4.91. The average molecular weight is 307 g/mol. The molecule has 3 nitrogen and oxygen atoms in total. The van der Waals surface area contributed by atoms with Gasteiger partial charge in [0.15, 0.2) is 0 Å². The monoisotopic (exact) mass is 307 g/mol. The van der Waals surface area contributed by atoms with Gasteiger partial charge in [-0.25, -0.2) is 0 Å². The van der Waals surface area contributed by atoms with E-state index in [1.165, 1.54) is 6.07 Å². The van der Waals surface area contributed by atoms with Crippen molar-refractivity contribution in [1.29, 1.82) is 0 Å². The fraction of sp³-hybridized carbons (Fsp3) is 0.538. The highest BCUT2D eigenvalue weighted by Crippen LogP contribution is 2.32. The fourth-order valence-electron chi connectivity index (χ4n) is 2.20. The van der Waals surface area contributed by atoms with Crippen LogP contribution in [0.1, 0.15) is 25.3 Å². The van der Waals surface area contributed by atoms with Crippen LogP contribution in [0.3, 0.4) is 0 Å². The summed E-state index contributed by atoms with van der Waals surface area (Å²) >= 11 is 0. The van der Waals surface area contributed by atoms with Gasteiger partial charge >= 0.3 is 6.18 Å². The summed E-state index contributed by atoms with van der Waals surface area (Å²) in [5.74, 6) is 0.264. The Kier molecular flexibility index (Phi) is 4.39. The van der Waals surface area contributed by atoms with E-state index in [4.69, 9.17) is 10.5 Å². The molecule has 0 saturated carbocycles. The van der Waals surface area contributed by atoms with Gasteiger partial charge in [-0.3, -0.25) is 4.21 Å². The van der Waals surface area contributed by atoms with Gasteiger partial charge in [0.05, 0.1) is 39.2 Å². The maximum atomic E-state index is 12.5. The molecule has 0 bridgehead atoms. The molecule has 2 N–H and O–H groups in total. The van der Waals surface area contributed by atoms with Crippen LogP contribution < -0.4 is 5.73 Å². The number of halogens is 3. The number of nitrogens with two attached hydrogens (primary N) is 1. The quantitative estimate of drug-likeness (QED) is 0.874. The first kappa shape index (κ1) is 15.3. The molecule has 2 rings (SSSR count). The van der Waals surface area contributed by atoms with Gasteiger partial charge in [-0.2, -0.15) is 13.2 Å².